The first-order valence-corrected chi connectivity index (χ1v) is 5.05. The Bertz CT molecular complexity index is 477. The predicted octanol–water partition coefficient (Wildman–Crippen LogP) is 2.33. The number of ether oxygens (including phenoxy) is 2. The molecule has 0 saturated carbocycles. The molecule has 0 aliphatic carbocycles. The van der Waals surface area contributed by atoms with Crippen LogP contribution in [0.5, 0.6) is 0 Å². The second-order valence-electron chi connectivity index (χ2n) is 3.16. The zero-order chi connectivity index (χ0) is 13.5. The third kappa shape index (κ3) is 3.45. The Morgan fingerprint density at radius 3 is 2.56 bits per heavy atom. The molecule has 0 bridgehead atoms. The molecule has 0 spiro atoms. The topological polar surface area (TPSA) is 102 Å². The van der Waals surface area contributed by atoms with Crippen molar-refractivity contribution >= 4 is 11.8 Å². The monoisotopic (exact) mass is 250 g/mol. The number of hydrogen-bond acceptors (Lipinski definition) is 6. The molecular formula is C11H10N2O5. The summed E-state index contributed by atoms with van der Waals surface area (Å²) in [6, 6.07) is 6.93. The van der Waals surface area contributed by atoms with Crippen molar-refractivity contribution in [2.24, 2.45) is 0 Å². The summed E-state index contributed by atoms with van der Waals surface area (Å²) in [5.41, 5.74) is 0.239. The number of rotatable bonds is 4. The number of carbonyl (C=O) groups excluding carboxylic acids is 1. The van der Waals surface area contributed by atoms with E-state index in [4.69, 9.17) is 10.00 Å². The van der Waals surface area contributed by atoms with Crippen molar-refractivity contribution in [3.8, 4) is 6.07 Å². The van der Waals surface area contributed by atoms with Gasteiger partial charge in [-0.2, -0.15) is 5.26 Å². The first-order valence-electron chi connectivity index (χ1n) is 5.05. The molecule has 7 heteroatoms. The summed E-state index contributed by atoms with van der Waals surface area (Å²) in [6.45, 7) is 1.74. The van der Waals surface area contributed by atoms with Gasteiger partial charge in [0.15, 0.2) is 0 Å². The molecule has 0 N–H and O–H groups in total. The molecule has 0 amide bonds. The Morgan fingerprint density at radius 2 is 2.11 bits per heavy atom. The van der Waals surface area contributed by atoms with Gasteiger partial charge in [-0.25, -0.2) is 4.79 Å². The highest BCUT2D eigenvalue weighted by atomic mass is 16.7. The molecule has 0 radical (unpaired) electrons. The molecule has 0 aliphatic heterocycles. The van der Waals surface area contributed by atoms with Gasteiger partial charge in [-0.15, -0.1) is 0 Å². The lowest BCUT2D eigenvalue weighted by Crippen LogP contribution is -2.11. The highest BCUT2D eigenvalue weighted by molar-refractivity contribution is 5.60. The van der Waals surface area contributed by atoms with Gasteiger partial charge in [0.05, 0.1) is 11.5 Å². The van der Waals surface area contributed by atoms with Crippen molar-refractivity contribution in [1.82, 2.24) is 0 Å². The van der Waals surface area contributed by atoms with Crippen molar-refractivity contribution in [1.29, 1.82) is 5.26 Å². The summed E-state index contributed by atoms with van der Waals surface area (Å²) >= 11 is 0. The SMILES string of the molecule is CCOC(=O)OC(C#N)c1ccc([N+](=O)[O-])cc1. The van der Waals surface area contributed by atoms with E-state index in [1.54, 1.807) is 13.0 Å². The first kappa shape index (κ1) is 13.4. The van der Waals surface area contributed by atoms with E-state index in [9.17, 15) is 14.9 Å². The normalized spacial score (nSPS) is 11.1. The van der Waals surface area contributed by atoms with Crippen LogP contribution in [0.3, 0.4) is 0 Å². The average Bonchev–Trinajstić information content (AvgIpc) is 2.36. The Balaban J connectivity index is 2.80. The van der Waals surface area contributed by atoms with E-state index in [2.05, 4.69) is 4.74 Å². The minimum Gasteiger partial charge on any atom is -0.435 e. The van der Waals surface area contributed by atoms with Crippen LogP contribution in [0.4, 0.5) is 10.5 Å². The van der Waals surface area contributed by atoms with Crippen LogP contribution >= 0.6 is 0 Å². The number of nitrogens with zero attached hydrogens (tertiary/aromatic N) is 2. The largest absolute Gasteiger partial charge is 0.509 e. The van der Waals surface area contributed by atoms with Crippen molar-refractivity contribution in [3.63, 3.8) is 0 Å². The second kappa shape index (κ2) is 6.20. The highest BCUT2D eigenvalue weighted by Gasteiger charge is 2.17. The molecule has 18 heavy (non-hydrogen) atoms. The van der Waals surface area contributed by atoms with Gasteiger partial charge in [0.25, 0.3) is 5.69 Å². The zero-order valence-corrected chi connectivity index (χ0v) is 9.53. The Kier molecular flexibility index (Phi) is 4.63. The number of hydrogen-bond donors (Lipinski definition) is 0. The van der Waals surface area contributed by atoms with Crippen LogP contribution in [0.2, 0.25) is 0 Å². The van der Waals surface area contributed by atoms with Gasteiger partial charge in [-0.1, -0.05) is 0 Å². The molecule has 0 aliphatic rings. The number of non-ortho nitro benzene ring substituents is 1. The summed E-state index contributed by atoms with van der Waals surface area (Å²) in [5.74, 6) is 0. The predicted molar refractivity (Wildman–Crippen MR) is 59.6 cm³/mol. The molecule has 7 nitrogen and oxygen atoms in total. The average molecular weight is 250 g/mol. The third-order valence-corrected chi connectivity index (χ3v) is 2.00. The van der Waals surface area contributed by atoms with Crippen LogP contribution in [-0.4, -0.2) is 17.7 Å². The molecule has 0 aromatic heterocycles. The summed E-state index contributed by atoms with van der Waals surface area (Å²) < 4.78 is 9.27. The maximum Gasteiger partial charge on any atom is 0.509 e. The fraction of sp³-hybridized carbons (Fsp3) is 0.273. The zero-order valence-electron chi connectivity index (χ0n) is 9.53. The van der Waals surface area contributed by atoms with E-state index >= 15 is 0 Å². The first-order chi connectivity index (χ1) is 8.58. The molecule has 1 atom stereocenters. The molecule has 0 fully saturated rings. The van der Waals surface area contributed by atoms with Crippen LogP contribution < -0.4 is 0 Å². The molecular weight excluding hydrogens is 240 g/mol. The summed E-state index contributed by atoms with van der Waals surface area (Å²) in [6.07, 6.45) is -2.10. The third-order valence-electron chi connectivity index (χ3n) is 2.00. The van der Waals surface area contributed by atoms with E-state index < -0.39 is 17.2 Å². The molecule has 1 rings (SSSR count). The minimum absolute atomic E-state index is 0.105. The van der Waals surface area contributed by atoms with E-state index in [1.165, 1.54) is 24.3 Å². The molecule has 0 saturated heterocycles. The molecule has 1 unspecified atom stereocenters. The van der Waals surface area contributed by atoms with E-state index in [0.29, 0.717) is 5.56 Å². The maximum absolute atomic E-state index is 11.1. The van der Waals surface area contributed by atoms with Crippen LogP contribution in [0.25, 0.3) is 0 Å². The van der Waals surface area contributed by atoms with Crippen LogP contribution in [-0.2, 0) is 9.47 Å². The standard InChI is InChI=1S/C11H10N2O5/c1-2-17-11(14)18-10(7-12)8-3-5-9(6-4-8)13(15)16/h3-6,10H,2H2,1H3. The molecule has 0 heterocycles. The van der Waals surface area contributed by atoms with Gasteiger partial charge >= 0.3 is 6.16 Å². The molecule has 94 valence electrons. The number of nitriles is 1. The summed E-state index contributed by atoms with van der Waals surface area (Å²) in [7, 11) is 0. The van der Waals surface area contributed by atoms with Gasteiger partial charge in [-0.05, 0) is 19.1 Å². The van der Waals surface area contributed by atoms with Gasteiger partial charge in [0, 0.05) is 17.7 Å². The number of nitro groups is 1. The van der Waals surface area contributed by atoms with Gasteiger partial charge in [0.1, 0.15) is 6.07 Å². The molecule has 1 aromatic carbocycles. The summed E-state index contributed by atoms with van der Waals surface area (Å²) in [5, 5.41) is 19.3. The van der Waals surface area contributed by atoms with Gasteiger partial charge in [-0.3, -0.25) is 10.1 Å². The minimum atomic E-state index is -1.15. The fourth-order valence-corrected chi connectivity index (χ4v) is 1.19. The number of nitro benzene ring substituents is 1. The van der Waals surface area contributed by atoms with Gasteiger partial charge < -0.3 is 9.47 Å². The number of benzene rings is 1. The van der Waals surface area contributed by atoms with Crippen molar-refractivity contribution in [2.45, 2.75) is 13.0 Å². The lowest BCUT2D eigenvalue weighted by Gasteiger charge is -2.10. The quantitative estimate of drug-likeness (QED) is 0.461. The molecule has 1 aromatic rings. The lowest BCUT2D eigenvalue weighted by molar-refractivity contribution is -0.384. The van der Waals surface area contributed by atoms with E-state index in [-0.39, 0.29) is 12.3 Å². The van der Waals surface area contributed by atoms with Crippen molar-refractivity contribution in [2.75, 3.05) is 6.61 Å². The Morgan fingerprint density at radius 1 is 1.50 bits per heavy atom. The smallest absolute Gasteiger partial charge is 0.435 e. The van der Waals surface area contributed by atoms with Gasteiger partial charge in [0.2, 0.25) is 6.10 Å². The fourth-order valence-electron chi connectivity index (χ4n) is 1.19. The van der Waals surface area contributed by atoms with Crippen LogP contribution in [0.1, 0.15) is 18.6 Å². The lowest BCUT2D eigenvalue weighted by atomic mass is 10.1. The number of carbonyl (C=O) groups is 1. The Hall–Kier alpha value is -2.62. The second-order valence-corrected chi connectivity index (χ2v) is 3.16. The van der Waals surface area contributed by atoms with E-state index in [0.717, 1.165) is 0 Å². The maximum atomic E-state index is 11.1. The van der Waals surface area contributed by atoms with E-state index in [1.807, 2.05) is 0 Å². The highest BCUT2D eigenvalue weighted by Crippen LogP contribution is 2.20. The Labute approximate surface area is 103 Å². The summed E-state index contributed by atoms with van der Waals surface area (Å²) in [4.78, 5) is 20.9. The van der Waals surface area contributed by atoms with Crippen molar-refractivity contribution < 1.29 is 19.2 Å². The van der Waals surface area contributed by atoms with Crippen molar-refractivity contribution in [3.05, 3.63) is 39.9 Å². The van der Waals surface area contributed by atoms with Crippen LogP contribution in [0.15, 0.2) is 24.3 Å². The van der Waals surface area contributed by atoms with Crippen LogP contribution in [0, 0.1) is 21.4 Å².